The van der Waals surface area contributed by atoms with E-state index in [1.54, 1.807) is 25.1 Å². The second kappa shape index (κ2) is 7.62. The molecule has 0 aliphatic carbocycles. The fourth-order valence-electron chi connectivity index (χ4n) is 3.79. The Morgan fingerprint density at radius 3 is 2.50 bits per heavy atom. The van der Waals surface area contributed by atoms with Gasteiger partial charge in [0.25, 0.3) is 5.69 Å². The Bertz CT molecular complexity index is 1380. The molecule has 0 bridgehead atoms. The summed E-state index contributed by atoms with van der Waals surface area (Å²) in [5.74, 6) is 1.02. The molecule has 1 unspecified atom stereocenters. The Labute approximate surface area is 181 Å². The topological polar surface area (TPSA) is 120 Å². The zero-order chi connectivity index (χ0) is 22.2. The molecule has 0 saturated heterocycles. The van der Waals surface area contributed by atoms with Crippen molar-refractivity contribution in [3.63, 3.8) is 0 Å². The minimum atomic E-state index is -0.534. The normalized spacial score (nSPS) is 14.1. The number of hydrogen-bond acceptors (Lipinski definition) is 8. The van der Waals surface area contributed by atoms with Gasteiger partial charge in [0, 0.05) is 23.9 Å². The molecule has 2 aromatic carbocycles. The van der Waals surface area contributed by atoms with Crippen LogP contribution in [0, 0.1) is 17.0 Å². The third kappa shape index (κ3) is 3.35. The first-order valence-electron chi connectivity index (χ1n) is 9.75. The lowest BCUT2D eigenvalue weighted by Crippen LogP contribution is -2.22. The van der Waals surface area contributed by atoms with Gasteiger partial charge < -0.3 is 14.5 Å². The van der Waals surface area contributed by atoms with Crippen molar-refractivity contribution in [2.75, 3.05) is 5.32 Å². The highest BCUT2D eigenvalue weighted by atomic mass is 16.6. The summed E-state index contributed by atoms with van der Waals surface area (Å²) >= 11 is 0. The summed E-state index contributed by atoms with van der Waals surface area (Å²) < 4.78 is 11.4. The molecular formula is C23H16N4O5. The van der Waals surface area contributed by atoms with Gasteiger partial charge in [-0.1, -0.05) is 30.3 Å². The molecular weight excluding hydrogens is 412 g/mol. The van der Waals surface area contributed by atoms with E-state index >= 15 is 0 Å². The average Bonchev–Trinajstić information content (AvgIpc) is 2.78. The number of ether oxygens (including phenoxy) is 1. The standard InChI is InChI=1S/C23H16N4O5/c1-13-11-17-19(23(28)31-13)18(14-5-3-2-4-6-14)20-21(24-12-25-22(20)32-17)26-15-7-9-16(10-8-15)27(29)30/h2-12,18H,1H3,(H,24,25,26). The Hall–Kier alpha value is -4.53. The van der Waals surface area contributed by atoms with E-state index in [2.05, 4.69) is 15.3 Å². The first-order chi connectivity index (χ1) is 15.5. The van der Waals surface area contributed by atoms with E-state index in [0.29, 0.717) is 40.0 Å². The van der Waals surface area contributed by atoms with Gasteiger partial charge in [0.2, 0.25) is 5.88 Å². The fourth-order valence-corrected chi connectivity index (χ4v) is 3.79. The number of fused-ring (bicyclic) bond motifs is 2. The van der Waals surface area contributed by atoms with E-state index in [4.69, 9.17) is 9.15 Å². The zero-order valence-corrected chi connectivity index (χ0v) is 16.8. The first kappa shape index (κ1) is 19.4. The number of aryl methyl sites for hydroxylation is 1. The van der Waals surface area contributed by atoms with E-state index in [-0.39, 0.29) is 5.69 Å². The number of aromatic nitrogens is 2. The highest BCUT2D eigenvalue weighted by molar-refractivity contribution is 5.68. The van der Waals surface area contributed by atoms with Gasteiger partial charge >= 0.3 is 5.63 Å². The Kier molecular flexibility index (Phi) is 4.63. The third-order valence-corrected chi connectivity index (χ3v) is 5.18. The molecule has 0 fully saturated rings. The quantitative estimate of drug-likeness (QED) is 0.324. The Balaban J connectivity index is 1.67. The SMILES string of the molecule is Cc1cc2c(c(=O)o1)C(c1ccccc1)c1c(Nc3ccc([N+](=O)[O-])cc3)ncnc1O2. The maximum atomic E-state index is 12.9. The van der Waals surface area contributed by atoms with E-state index in [1.165, 1.54) is 18.5 Å². The van der Waals surface area contributed by atoms with Crippen LogP contribution in [0.5, 0.6) is 11.6 Å². The number of rotatable bonds is 4. The molecule has 2 aromatic heterocycles. The lowest BCUT2D eigenvalue weighted by Gasteiger charge is -2.28. The van der Waals surface area contributed by atoms with E-state index in [1.807, 2.05) is 30.3 Å². The minimum Gasteiger partial charge on any atom is -0.438 e. The van der Waals surface area contributed by atoms with Crippen LogP contribution < -0.4 is 15.7 Å². The summed E-state index contributed by atoms with van der Waals surface area (Å²) in [7, 11) is 0. The largest absolute Gasteiger partial charge is 0.438 e. The molecule has 0 radical (unpaired) electrons. The second-order valence-corrected chi connectivity index (χ2v) is 7.24. The number of nitrogens with one attached hydrogen (secondary N) is 1. The van der Waals surface area contributed by atoms with Crippen molar-refractivity contribution in [2.24, 2.45) is 0 Å². The lowest BCUT2D eigenvalue weighted by atomic mass is 9.84. The van der Waals surface area contributed by atoms with Gasteiger partial charge in [0.05, 0.1) is 22.0 Å². The number of non-ortho nitro benzene ring substituents is 1. The summed E-state index contributed by atoms with van der Waals surface area (Å²) in [5.41, 5.74) is 1.84. The van der Waals surface area contributed by atoms with Crippen LogP contribution in [0.15, 0.2) is 76.2 Å². The summed E-state index contributed by atoms with van der Waals surface area (Å²) in [6, 6.07) is 17.1. The Morgan fingerprint density at radius 2 is 1.78 bits per heavy atom. The average molecular weight is 428 g/mol. The highest BCUT2D eigenvalue weighted by Crippen LogP contribution is 2.47. The number of nitro groups is 1. The maximum absolute atomic E-state index is 12.9. The molecule has 9 heteroatoms. The first-order valence-corrected chi connectivity index (χ1v) is 9.75. The lowest BCUT2D eigenvalue weighted by molar-refractivity contribution is -0.384. The molecule has 4 aromatic rings. The van der Waals surface area contributed by atoms with E-state index < -0.39 is 16.5 Å². The number of nitrogens with zero attached hydrogens (tertiary/aromatic N) is 3. The highest BCUT2D eigenvalue weighted by Gasteiger charge is 2.36. The van der Waals surface area contributed by atoms with Gasteiger partial charge in [-0.2, -0.15) is 0 Å². The minimum absolute atomic E-state index is 0.0207. The van der Waals surface area contributed by atoms with Crippen LogP contribution in [-0.4, -0.2) is 14.9 Å². The van der Waals surface area contributed by atoms with Crippen LogP contribution >= 0.6 is 0 Å². The molecule has 3 heterocycles. The summed E-state index contributed by atoms with van der Waals surface area (Å²) in [6.45, 7) is 1.68. The van der Waals surface area contributed by atoms with Crippen LogP contribution in [0.1, 0.15) is 28.4 Å². The predicted molar refractivity (Wildman–Crippen MR) is 116 cm³/mol. The van der Waals surface area contributed by atoms with Crippen molar-refractivity contribution >= 4 is 17.2 Å². The van der Waals surface area contributed by atoms with Crippen molar-refractivity contribution in [3.8, 4) is 11.6 Å². The second-order valence-electron chi connectivity index (χ2n) is 7.24. The van der Waals surface area contributed by atoms with Crippen molar-refractivity contribution < 1.29 is 14.1 Å². The van der Waals surface area contributed by atoms with Crippen LogP contribution in [0.25, 0.3) is 0 Å². The van der Waals surface area contributed by atoms with Crippen molar-refractivity contribution in [1.82, 2.24) is 9.97 Å². The molecule has 9 nitrogen and oxygen atoms in total. The molecule has 0 spiro atoms. The zero-order valence-electron chi connectivity index (χ0n) is 16.8. The third-order valence-electron chi connectivity index (χ3n) is 5.18. The molecule has 32 heavy (non-hydrogen) atoms. The van der Waals surface area contributed by atoms with Gasteiger partial charge in [-0.25, -0.2) is 14.8 Å². The number of hydrogen-bond donors (Lipinski definition) is 1. The van der Waals surface area contributed by atoms with Crippen molar-refractivity contribution in [2.45, 2.75) is 12.8 Å². The van der Waals surface area contributed by atoms with Gasteiger partial charge in [-0.15, -0.1) is 0 Å². The monoisotopic (exact) mass is 428 g/mol. The summed E-state index contributed by atoms with van der Waals surface area (Å²) in [5, 5.41) is 14.1. The van der Waals surface area contributed by atoms with Gasteiger partial charge in [0.1, 0.15) is 23.7 Å². The van der Waals surface area contributed by atoms with E-state index in [0.717, 1.165) is 5.56 Å². The van der Waals surface area contributed by atoms with Crippen LogP contribution in [0.3, 0.4) is 0 Å². The van der Waals surface area contributed by atoms with Crippen molar-refractivity contribution in [3.05, 3.63) is 110 Å². The number of nitro benzene ring substituents is 1. The van der Waals surface area contributed by atoms with Gasteiger partial charge in [0.15, 0.2) is 0 Å². The molecule has 1 aliphatic heterocycles. The fraction of sp³-hybridized carbons (Fsp3) is 0.0870. The number of benzene rings is 2. The molecule has 158 valence electrons. The number of anilines is 2. The van der Waals surface area contributed by atoms with Crippen LogP contribution in [-0.2, 0) is 0 Å². The Morgan fingerprint density at radius 1 is 1.03 bits per heavy atom. The van der Waals surface area contributed by atoms with Crippen molar-refractivity contribution in [1.29, 1.82) is 0 Å². The van der Waals surface area contributed by atoms with E-state index in [9.17, 15) is 14.9 Å². The summed E-state index contributed by atoms with van der Waals surface area (Å²) in [6.07, 6.45) is 1.36. The molecule has 0 saturated carbocycles. The molecule has 0 amide bonds. The molecule has 1 N–H and O–H groups in total. The van der Waals surface area contributed by atoms with Gasteiger partial charge in [-0.05, 0) is 24.6 Å². The molecule has 5 rings (SSSR count). The van der Waals surface area contributed by atoms with Gasteiger partial charge in [-0.3, -0.25) is 10.1 Å². The smallest absolute Gasteiger partial charge is 0.343 e. The van der Waals surface area contributed by atoms with Crippen LogP contribution in [0.4, 0.5) is 17.2 Å². The maximum Gasteiger partial charge on any atom is 0.343 e. The summed E-state index contributed by atoms with van der Waals surface area (Å²) in [4.78, 5) is 32.0. The molecule has 1 aliphatic rings. The van der Waals surface area contributed by atoms with Crippen LogP contribution in [0.2, 0.25) is 0 Å². The molecule has 1 atom stereocenters. The predicted octanol–water partition coefficient (Wildman–Crippen LogP) is 4.68.